The van der Waals surface area contributed by atoms with E-state index in [0.29, 0.717) is 12.2 Å². The Balaban J connectivity index is 1.66. The average molecular weight is 420 g/mol. The molecule has 160 valence electrons. The van der Waals surface area contributed by atoms with Gasteiger partial charge in [-0.25, -0.2) is 9.67 Å². The van der Waals surface area contributed by atoms with Crippen LogP contribution in [0.25, 0.3) is 11.0 Å². The largest absolute Gasteiger partial charge is 0.417 e. The van der Waals surface area contributed by atoms with Gasteiger partial charge in [0.1, 0.15) is 6.54 Å². The number of hydrogen-bond donors (Lipinski definition) is 0. The number of halogens is 3. The Hall–Kier alpha value is -2.91. The second-order valence-electron chi connectivity index (χ2n) is 7.94. The molecule has 0 aromatic carbocycles. The molecule has 3 aromatic rings. The first-order valence-electron chi connectivity index (χ1n) is 9.73. The van der Waals surface area contributed by atoms with Gasteiger partial charge in [-0.3, -0.25) is 9.48 Å². The number of carbonyl (C=O) groups excluding carboxylic acids is 1. The minimum atomic E-state index is -4.51. The molecule has 0 N–H and O–H groups in total. The van der Waals surface area contributed by atoms with Gasteiger partial charge in [0.2, 0.25) is 5.91 Å². The normalized spacial score (nSPS) is 14.5. The third-order valence-corrected chi connectivity index (χ3v) is 5.65. The SMILES string of the molecule is Cc1nn(CC(=O)N(C)Cc2cnn(C)c2C)c2nc(C3CC3)cc(C(F)(F)F)c12. The third kappa shape index (κ3) is 3.66. The number of fused-ring (bicyclic) bond motifs is 1. The number of likely N-dealkylation sites (N-methyl/N-ethyl adjacent to an activating group) is 1. The van der Waals surface area contributed by atoms with Gasteiger partial charge in [-0.05, 0) is 32.8 Å². The summed E-state index contributed by atoms with van der Waals surface area (Å²) in [6.45, 7) is 3.59. The first kappa shape index (κ1) is 20.4. The number of pyridine rings is 1. The van der Waals surface area contributed by atoms with E-state index in [1.54, 1.807) is 17.9 Å². The van der Waals surface area contributed by atoms with Gasteiger partial charge in [0.25, 0.3) is 0 Å². The number of carbonyl (C=O) groups is 1. The van der Waals surface area contributed by atoms with E-state index in [4.69, 9.17) is 0 Å². The Morgan fingerprint density at radius 2 is 2.00 bits per heavy atom. The molecule has 7 nitrogen and oxygen atoms in total. The summed E-state index contributed by atoms with van der Waals surface area (Å²) in [5, 5.41) is 8.36. The summed E-state index contributed by atoms with van der Waals surface area (Å²) in [6.07, 6.45) is -1.15. The number of aromatic nitrogens is 5. The molecule has 10 heteroatoms. The van der Waals surface area contributed by atoms with Gasteiger partial charge in [-0.1, -0.05) is 0 Å². The zero-order valence-corrected chi connectivity index (χ0v) is 17.3. The fourth-order valence-electron chi connectivity index (χ4n) is 3.59. The second kappa shape index (κ2) is 7.10. The molecule has 4 rings (SSSR count). The quantitative estimate of drug-likeness (QED) is 0.635. The summed E-state index contributed by atoms with van der Waals surface area (Å²) in [5.74, 6) is -0.221. The molecule has 0 spiro atoms. The Labute approximate surface area is 171 Å². The van der Waals surface area contributed by atoms with E-state index in [9.17, 15) is 18.0 Å². The number of nitrogens with zero attached hydrogens (tertiary/aromatic N) is 6. The van der Waals surface area contributed by atoms with Crippen LogP contribution in [0.3, 0.4) is 0 Å². The molecule has 1 amide bonds. The van der Waals surface area contributed by atoms with E-state index in [1.807, 2.05) is 14.0 Å². The standard InChI is InChI=1S/C20H23F3N6O/c1-11-18-15(20(21,22)23)7-16(13-5-6-13)25-19(18)29(26-11)10-17(30)27(3)9-14-8-24-28(4)12(14)2/h7-8,13H,5-6,9-10H2,1-4H3. The van der Waals surface area contributed by atoms with Crippen molar-refractivity contribution in [2.75, 3.05) is 7.05 Å². The van der Waals surface area contributed by atoms with Crippen molar-refractivity contribution < 1.29 is 18.0 Å². The molecule has 0 saturated heterocycles. The predicted molar refractivity (Wildman–Crippen MR) is 104 cm³/mol. The van der Waals surface area contributed by atoms with Crippen molar-refractivity contribution in [3.8, 4) is 0 Å². The lowest BCUT2D eigenvalue weighted by molar-refractivity contribution is -0.136. The predicted octanol–water partition coefficient (Wildman–Crippen LogP) is 3.34. The van der Waals surface area contributed by atoms with Gasteiger partial charge in [-0.15, -0.1) is 0 Å². The highest BCUT2D eigenvalue weighted by Gasteiger charge is 2.37. The zero-order valence-electron chi connectivity index (χ0n) is 17.3. The van der Waals surface area contributed by atoms with Crippen LogP contribution >= 0.6 is 0 Å². The molecule has 0 unspecified atom stereocenters. The molecule has 1 aliphatic rings. The lowest BCUT2D eigenvalue weighted by Crippen LogP contribution is -2.30. The summed E-state index contributed by atoms with van der Waals surface area (Å²) in [5.41, 5.74) is 1.87. The maximum absolute atomic E-state index is 13.7. The van der Waals surface area contributed by atoms with Crippen molar-refractivity contribution in [1.82, 2.24) is 29.4 Å². The van der Waals surface area contributed by atoms with E-state index in [0.717, 1.165) is 30.2 Å². The zero-order chi connectivity index (χ0) is 21.8. The van der Waals surface area contributed by atoms with E-state index < -0.39 is 11.7 Å². The third-order valence-electron chi connectivity index (χ3n) is 5.65. The summed E-state index contributed by atoms with van der Waals surface area (Å²) in [6, 6.07) is 1.14. The number of rotatable bonds is 5. The van der Waals surface area contributed by atoms with Crippen molar-refractivity contribution in [3.63, 3.8) is 0 Å². The van der Waals surface area contributed by atoms with Crippen molar-refractivity contribution >= 4 is 16.9 Å². The molecule has 1 fully saturated rings. The number of alkyl halides is 3. The fraction of sp³-hybridized carbons (Fsp3) is 0.500. The molecular formula is C20H23F3N6O. The Morgan fingerprint density at radius 1 is 1.30 bits per heavy atom. The van der Waals surface area contributed by atoms with Gasteiger partial charge >= 0.3 is 6.18 Å². The minimum absolute atomic E-state index is 0.0366. The van der Waals surface area contributed by atoms with Crippen molar-refractivity contribution in [3.05, 3.63) is 40.5 Å². The summed E-state index contributed by atoms with van der Waals surface area (Å²) in [4.78, 5) is 18.8. The van der Waals surface area contributed by atoms with Gasteiger partial charge in [0.15, 0.2) is 5.65 Å². The summed E-state index contributed by atoms with van der Waals surface area (Å²) >= 11 is 0. The van der Waals surface area contributed by atoms with E-state index >= 15 is 0 Å². The Bertz CT molecular complexity index is 1130. The molecule has 3 heterocycles. The molecule has 3 aromatic heterocycles. The van der Waals surface area contributed by atoms with Crippen LogP contribution in [0, 0.1) is 13.8 Å². The van der Waals surface area contributed by atoms with Crippen LogP contribution in [0.4, 0.5) is 13.2 Å². The Kier molecular flexibility index (Phi) is 4.82. The van der Waals surface area contributed by atoms with Crippen LogP contribution in [-0.2, 0) is 31.1 Å². The number of aryl methyl sites for hydroxylation is 2. The molecule has 1 aliphatic carbocycles. The minimum Gasteiger partial charge on any atom is -0.340 e. The monoisotopic (exact) mass is 420 g/mol. The van der Waals surface area contributed by atoms with Gasteiger partial charge in [-0.2, -0.15) is 23.4 Å². The summed E-state index contributed by atoms with van der Waals surface area (Å²) in [7, 11) is 3.47. The van der Waals surface area contributed by atoms with Crippen molar-refractivity contribution in [2.45, 2.75) is 51.9 Å². The molecule has 0 aliphatic heterocycles. The van der Waals surface area contributed by atoms with Crippen LogP contribution in [-0.4, -0.2) is 42.4 Å². The molecule has 0 bridgehead atoms. The molecule has 30 heavy (non-hydrogen) atoms. The van der Waals surface area contributed by atoms with Crippen LogP contribution in [0.1, 0.15) is 47.0 Å². The van der Waals surface area contributed by atoms with Crippen molar-refractivity contribution in [1.29, 1.82) is 0 Å². The topological polar surface area (TPSA) is 68.8 Å². The number of amides is 1. The van der Waals surface area contributed by atoms with E-state index in [2.05, 4.69) is 15.2 Å². The average Bonchev–Trinajstić information content (AvgIpc) is 3.42. The molecule has 0 atom stereocenters. The van der Waals surface area contributed by atoms with Crippen LogP contribution in [0.2, 0.25) is 0 Å². The smallest absolute Gasteiger partial charge is 0.340 e. The number of hydrogen-bond acceptors (Lipinski definition) is 4. The lowest BCUT2D eigenvalue weighted by Gasteiger charge is -2.17. The van der Waals surface area contributed by atoms with E-state index in [-0.39, 0.29) is 35.1 Å². The first-order chi connectivity index (χ1) is 14.1. The van der Waals surface area contributed by atoms with Gasteiger partial charge < -0.3 is 4.90 Å². The lowest BCUT2D eigenvalue weighted by atomic mass is 10.1. The highest BCUT2D eigenvalue weighted by molar-refractivity contribution is 5.85. The fourth-order valence-corrected chi connectivity index (χ4v) is 3.59. The van der Waals surface area contributed by atoms with Crippen LogP contribution in [0.15, 0.2) is 12.3 Å². The summed E-state index contributed by atoms with van der Waals surface area (Å²) < 4.78 is 44.1. The molecular weight excluding hydrogens is 397 g/mol. The first-order valence-corrected chi connectivity index (χ1v) is 9.73. The molecule has 1 saturated carbocycles. The van der Waals surface area contributed by atoms with Gasteiger partial charge in [0, 0.05) is 43.5 Å². The van der Waals surface area contributed by atoms with E-state index in [1.165, 1.54) is 16.5 Å². The van der Waals surface area contributed by atoms with Crippen molar-refractivity contribution in [2.24, 2.45) is 7.05 Å². The second-order valence-corrected chi connectivity index (χ2v) is 7.94. The highest BCUT2D eigenvalue weighted by atomic mass is 19.4. The molecule has 0 radical (unpaired) electrons. The Morgan fingerprint density at radius 3 is 2.57 bits per heavy atom. The maximum Gasteiger partial charge on any atom is 0.417 e. The van der Waals surface area contributed by atoms with Crippen LogP contribution < -0.4 is 0 Å². The van der Waals surface area contributed by atoms with Gasteiger partial charge in [0.05, 0.1) is 22.8 Å². The van der Waals surface area contributed by atoms with Crippen LogP contribution in [0.5, 0.6) is 0 Å². The maximum atomic E-state index is 13.7. The highest BCUT2D eigenvalue weighted by Crippen LogP contribution is 2.43.